The lowest BCUT2D eigenvalue weighted by Gasteiger charge is -2.17. The summed E-state index contributed by atoms with van der Waals surface area (Å²) >= 11 is 0. The van der Waals surface area contributed by atoms with Gasteiger partial charge in [-0.2, -0.15) is 0 Å². The maximum atomic E-state index is 12.2. The van der Waals surface area contributed by atoms with Gasteiger partial charge in [0, 0.05) is 25.2 Å². The van der Waals surface area contributed by atoms with Gasteiger partial charge in [-0.05, 0) is 45.0 Å². The summed E-state index contributed by atoms with van der Waals surface area (Å²) in [5.41, 5.74) is 1.73. The molecule has 7 nitrogen and oxygen atoms in total. The molecule has 3 N–H and O–H groups in total. The summed E-state index contributed by atoms with van der Waals surface area (Å²) in [4.78, 5) is 16.8. The van der Waals surface area contributed by atoms with Crippen molar-refractivity contribution in [3.05, 3.63) is 59.7 Å². The standard InChI is InChI=1S/C23H32N4O3.HI/c1-5-24-23(26-14-13-25-22(28)19-10-8-9-17(2)15-19)27-16-18(3)30-21-12-7-6-11-20(21)29-4;/h6-12,15,18H,5,13-14,16H2,1-4H3,(H,25,28)(H2,24,26,27);1H. The van der Waals surface area contributed by atoms with Gasteiger partial charge in [-0.25, -0.2) is 4.99 Å². The lowest BCUT2D eigenvalue weighted by Crippen LogP contribution is -2.42. The first-order valence-corrected chi connectivity index (χ1v) is 10.2. The third kappa shape index (κ3) is 9.46. The molecule has 0 spiro atoms. The van der Waals surface area contributed by atoms with E-state index in [1.165, 1.54) is 0 Å². The minimum atomic E-state index is -0.127. The number of hydrogen-bond donors (Lipinski definition) is 3. The summed E-state index contributed by atoms with van der Waals surface area (Å²) in [6.45, 7) is 8.20. The number of ether oxygens (including phenoxy) is 2. The van der Waals surface area contributed by atoms with Gasteiger partial charge in [0.1, 0.15) is 6.10 Å². The topological polar surface area (TPSA) is 84.0 Å². The van der Waals surface area contributed by atoms with Gasteiger partial charge < -0.3 is 25.4 Å². The number of carbonyl (C=O) groups is 1. The highest BCUT2D eigenvalue weighted by molar-refractivity contribution is 14.0. The quantitative estimate of drug-likeness (QED) is 0.186. The summed E-state index contributed by atoms with van der Waals surface area (Å²) in [5, 5.41) is 9.33. The molecule has 31 heavy (non-hydrogen) atoms. The van der Waals surface area contributed by atoms with Gasteiger partial charge in [0.05, 0.1) is 13.7 Å². The molecule has 0 aliphatic heterocycles. The fourth-order valence-electron chi connectivity index (χ4n) is 2.78. The highest BCUT2D eigenvalue weighted by Gasteiger charge is 2.09. The Morgan fingerprint density at radius 2 is 1.74 bits per heavy atom. The Balaban J connectivity index is 0.00000480. The zero-order valence-corrected chi connectivity index (χ0v) is 20.9. The van der Waals surface area contributed by atoms with Crippen LogP contribution in [-0.2, 0) is 0 Å². The van der Waals surface area contributed by atoms with Gasteiger partial charge in [0.2, 0.25) is 0 Å². The molecule has 0 radical (unpaired) electrons. The van der Waals surface area contributed by atoms with Crippen LogP contribution in [0.25, 0.3) is 0 Å². The predicted octanol–water partition coefficient (Wildman–Crippen LogP) is 3.37. The van der Waals surface area contributed by atoms with Crippen molar-refractivity contribution in [3.63, 3.8) is 0 Å². The number of amides is 1. The Bertz CT molecular complexity index is 845. The van der Waals surface area contributed by atoms with E-state index in [0.29, 0.717) is 42.7 Å². The molecule has 2 aromatic rings. The molecule has 8 heteroatoms. The molecule has 0 aromatic heterocycles. The summed E-state index contributed by atoms with van der Waals surface area (Å²) in [7, 11) is 1.62. The number of rotatable bonds is 10. The minimum Gasteiger partial charge on any atom is -0.493 e. The summed E-state index contributed by atoms with van der Waals surface area (Å²) in [6, 6.07) is 15.1. The van der Waals surface area contributed by atoms with Crippen molar-refractivity contribution in [2.45, 2.75) is 26.9 Å². The Morgan fingerprint density at radius 3 is 2.42 bits per heavy atom. The van der Waals surface area contributed by atoms with Crippen molar-refractivity contribution >= 4 is 35.8 Å². The van der Waals surface area contributed by atoms with Crippen LogP contribution in [0.5, 0.6) is 11.5 Å². The molecule has 0 saturated carbocycles. The van der Waals surface area contributed by atoms with E-state index in [1.54, 1.807) is 7.11 Å². The lowest BCUT2D eigenvalue weighted by atomic mass is 10.1. The molecule has 0 bridgehead atoms. The second-order valence-electron chi connectivity index (χ2n) is 6.85. The smallest absolute Gasteiger partial charge is 0.251 e. The average molecular weight is 540 g/mol. The fraction of sp³-hybridized carbons (Fsp3) is 0.391. The van der Waals surface area contributed by atoms with Gasteiger partial charge in [-0.3, -0.25) is 4.79 Å². The van der Waals surface area contributed by atoms with Crippen LogP contribution in [0, 0.1) is 6.92 Å². The number of benzene rings is 2. The van der Waals surface area contributed by atoms with E-state index in [4.69, 9.17) is 9.47 Å². The zero-order valence-electron chi connectivity index (χ0n) is 18.6. The second kappa shape index (κ2) is 14.5. The normalized spacial score (nSPS) is 11.7. The van der Waals surface area contributed by atoms with E-state index < -0.39 is 0 Å². The number of aryl methyl sites for hydroxylation is 1. The Kier molecular flexibility index (Phi) is 12.4. The fourth-order valence-corrected chi connectivity index (χ4v) is 2.78. The molecule has 2 rings (SSSR count). The number of nitrogens with zero attached hydrogens (tertiary/aromatic N) is 1. The Labute approximate surface area is 202 Å². The van der Waals surface area contributed by atoms with Gasteiger partial charge in [0.15, 0.2) is 17.5 Å². The maximum absolute atomic E-state index is 12.2. The second-order valence-corrected chi connectivity index (χ2v) is 6.85. The van der Waals surface area contributed by atoms with Crippen LogP contribution in [0.15, 0.2) is 53.5 Å². The first-order valence-electron chi connectivity index (χ1n) is 10.2. The molecule has 1 unspecified atom stereocenters. The number of para-hydroxylation sites is 2. The number of aliphatic imine (C=N–C) groups is 1. The molecule has 1 amide bonds. The van der Waals surface area contributed by atoms with E-state index in [2.05, 4.69) is 20.9 Å². The molecular weight excluding hydrogens is 507 g/mol. The van der Waals surface area contributed by atoms with Crippen molar-refractivity contribution in [1.29, 1.82) is 0 Å². The number of carbonyl (C=O) groups excluding carboxylic acids is 1. The predicted molar refractivity (Wildman–Crippen MR) is 136 cm³/mol. The van der Waals surface area contributed by atoms with Crippen LogP contribution in [0.2, 0.25) is 0 Å². The van der Waals surface area contributed by atoms with E-state index >= 15 is 0 Å². The Morgan fingerprint density at radius 1 is 1.03 bits per heavy atom. The van der Waals surface area contributed by atoms with Crippen LogP contribution in [0.3, 0.4) is 0 Å². The van der Waals surface area contributed by atoms with Crippen molar-refractivity contribution in [3.8, 4) is 11.5 Å². The third-order valence-corrected chi connectivity index (χ3v) is 4.23. The van der Waals surface area contributed by atoms with Crippen LogP contribution >= 0.6 is 24.0 Å². The first-order chi connectivity index (χ1) is 14.5. The Hall–Kier alpha value is -2.49. The van der Waals surface area contributed by atoms with Crippen molar-refractivity contribution in [1.82, 2.24) is 16.0 Å². The molecule has 0 fully saturated rings. The molecular formula is C23H33IN4O3. The minimum absolute atomic E-state index is 0. The van der Waals surface area contributed by atoms with E-state index in [1.807, 2.05) is 69.3 Å². The van der Waals surface area contributed by atoms with Gasteiger partial charge in [-0.1, -0.05) is 29.8 Å². The molecule has 1 atom stereocenters. The average Bonchev–Trinajstić information content (AvgIpc) is 2.75. The molecule has 0 saturated heterocycles. The van der Waals surface area contributed by atoms with Gasteiger partial charge in [-0.15, -0.1) is 24.0 Å². The van der Waals surface area contributed by atoms with Crippen LogP contribution in [0.4, 0.5) is 0 Å². The van der Waals surface area contributed by atoms with E-state index in [-0.39, 0.29) is 36.0 Å². The summed E-state index contributed by atoms with van der Waals surface area (Å²) < 4.78 is 11.2. The molecule has 170 valence electrons. The van der Waals surface area contributed by atoms with Gasteiger partial charge in [0.25, 0.3) is 5.91 Å². The molecule has 2 aromatic carbocycles. The van der Waals surface area contributed by atoms with E-state index in [9.17, 15) is 4.79 Å². The molecule has 0 aliphatic rings. The van der Waals surface area contributed by atoms with Gasteiger partial charge >= 0.3 is 0 Å². The van der Waals surface area contributed by atoms with Crippen molar-refractivity contribution in [2.75, 3.05) is 33.3 Å². The van der Waals surface area contributed by atoms with E-state index in [0.717, 1.165) is 12.1 Å². The number of guanidine groups is 1. The summed E-state index contributed by atoms with van der Waals surface area (Å²) in [6.07, 6.45) is -0.127. The van der Waals surface area contributed by atoms with Crippen molar-refractivity contribution in [2.24, 2.45) is 4.99 Å². The maximum Gasteiger partial charge on any atom is 0.251 e. The number of methoxy groups -OCH3 is 1. The van der Waals surface area contributed by atoms with Crippen LogP contribution in [-0.4, -0.2) is 51.3 Å². The zero-order chi connectivity index (χ0) is 21.8. The monoisotopic (exact) mass is 540 g/mol. The van der Waals surface area contributed by atoms with Crippen molar-refractivity contribution < 1.29 is 14.3 Å². The lowest BCUT2D eigenvalue weighted by molar-refractivity contribution is 0.0954. The highest BCUT2D eigenvalue weighted by Crippen LogP contribution is 2.26. The SMILES string of the molecule is CCNC(=NCC(C)Oc1ccccc1OC)NCCNC(=O)c1cccc(C)c1.I. The first kappa shape index (κ1) is 26.5. The summed E-state index contributed by atoms with van der Waals surface area (Å²) in [5.74, 6) is 1.99. The van der Waals surface area contributed by atoms with Crippen LogP contribution in [0.1, 0.15) is 29.8 Å². The number of hydrogen-bond acceptors (Lipinski definition) is 4. The van der Waals surface area contributed by atoms with Crippen LogP contribution < -0.4 is 25.4 Å². The molecule has 0 heterocycles. The largest absolute Gasteiger partial charge is 0.493 e. The number of halogens is 1. The number of nitrogens with one attached hydrogen (secondary N) is 3. The molecule has 0 aliphatic carbocycles. The third-order valence-electron chi connectivity index (χ3n) is 4.23. The highest BCUT2D eigenvalue weighted by atomic mass is 127.